The van der Waals surface area contributed by atoms with Crippen molar-refractivity contribution in [3.05, 3.63) is 35.5 Å². The summed E-state index contributed by atoms with van der Waals surface area (Å²) in [6, 6.07) is 0. The van der Waals surface area contributed by atoms with Crippen LogP contribution in [-0.4, -0.2) is 34.9 Å². The minimum absolute atomic E-state index is 0.0600. The van der Waals surface area contributed by atoms with Crippen LogP contribution in [0.3, 0.4) is 0 Å². The summed E-state index contributed by atoms with van der Waals surface area (Å²) in [7, 11) is 0. The zero-order chi connectivity index (χ0) is 27.4. The van der Waals surface area contributed by atoms with Crippen molar-refractivity contribution in [2.45, 2.75) is 137 Å². The third kappa shape index (κ3) is 10.9. The second-order valence-electron chi connectivity index (χ2n) is 11.7. The highest BCUT2D eigenvalue weighted by Gasteiger charge is 2.39. The van der Waals surface area contributed by atoms with E-state index >= 15 is 0 Å². The maximum absolute atomic E-state index is 13.1. The molecule has 0 aromatic rings. The van der Waals surface area contributed by atoms with Gasteiger partial charge in [-0.1, -0.05) is 52.0 Å². The van der Waals surface area contributed by atoms with Gasteiger partial charge in [-0.15, -0.1) is 0 Å². The molecule has 0 aliphatic carbocycles. The lowest BCUT2D eigenvalue weighted by Gasteiger charge is -2.37. The number of carbonyl (C=O) groups excluding carboxylic acids is 2. The second kappa shape index (κ2) is 15.6. The van der Waals surface area contributed by atoms with Crippen molar-refractivity contribution >= 4 is 11.8 Å². The van der Waals surface area contributed by atoms with Gasteiger partial charge < -0.3 is 14.6 Å². The quantitative estimate of drug-likeness (QED) is 0.278. The second-order valence-corrected chi connectivity index (χ2v) is 11.7. The first-order valence-corrected chi connectivity index (χ1v) is 14.6. The van der Waals surface area contributed by atoms with Crippen molar-refractivity contribution in [3.63, 3.8) is 0 Å². The molecule has 2 heterocycles. The van der Waals surface area contributed by atoms with Crippen molar-refractivity contribution in [1.29, 1.82) is 0 Å². The molecule has 0 amide bonds. The van der Waals surface area contributed by atoms with E-state index in [4.69, 9.17) is 9.47 Å². The fraction of sp³-hybridized carbons (Fsp3) is 0.750. The third-order valence-corrected chi connectivity index (χ3v) is 7.99. The summed E-state index contributed by atoms with van der Waals surface area (Å²) in [6.07, 6.45) is 17.6. The van der Waals surface area contributed by atoms with E-state index in [9.17, 15) is 14.7 Å². The van der Waals surface area contributed by atoms with E-state index in [2.05, 4.69) is 32.1 Å². The number of hydrogen-bond acceptors (Lipinski definition) is 5. The van der Waals surface area contributed by atoms with Crippen LogP contribution in [0.2, 0.25) is 0 Å². The molecule has 0 saturated heterocycles. The summed E-state index contributed by atoms with van der Waals surface area (Å²) in [4.78, 5) is 25.2. The van der Waals surface area contributed by atoms with Crippen molar-refractivity contribution in [3.8, 4) is 0 Å². The Morgan fingerprint density at radius 1 is 1.03 bits per heavy atom. The molecule has 2 aliphatic rings. The van der Waals surface area contributed by atoms with E-state index < -0.39 is 11.8 Å². The number of hydrogen-bond donors (Lipinski definition) is 1. The number of allylic oxidation sites excluding steroid dienone is 3. The Morgan fingerprint density at radius 2 is 1.68 bits per heavy atom. The Labute approximate surface area is 225 Å². The predicted molar refractivity (Wildman–Crippen MR) is 150 cm³/mol. The first-order valence-electron chi connectivity index (χ1n) is 14.6. The molecule has 0 aromatic carbocycles. The topological polar surface area (TPSA) is 72.8 Å². The van der Waals surface area contributed by atoms with Crippen LogP contribution in [0, 0.1) is 17.8 Å². The zero-order valence-corrected chi connectivity index (χ0v) is 24.3. The fourth-order valence-corrected chi connectivity index (χ4v) is 5.73. The third-order valence-electron chi connectivity index (χ3n) is 7.99. The van der Waals surface area contributed by atoms with E-state index in [1.807, 2.05) is 33.8 Å². The standard InChI is InChI=1S/C32H52O5/c1-7-28(33)26(5)20-23(2)21-27(6)29-17-15-13-11-9-8-10-12-14-16-24(3)31-25(4)18-19-32(35,37-31)22-30(34)36-29/h9,11,16,18,23,26-27,29,31,35H,7-8,10,12-15,17,19-22H2,1-6H3. The predicted octanol–water partition coefficient (Wildman–Crippen LogP) is 7.63. The maximum Gasteiger partial charge on any atom is 0.311 e. The van der Waals surface area contributed by atoms with Gasteiger partial charge in [0.2, 0.25) is 0 Å². The lowest BCUT2D eigenvalue weighted by Crippen LogP contribution is -2.43. The highest BCUT2D eigenvalue weighted by molar-refractivity contribution is 5.80. The van der Waals surface area contributed by atoms with Crippen molar-refractivity contribution < 1.29 is 24.2 Å². The number of aliphatic hydroxyl groups is 1. The van der Waals surface area contributed by atoms with Gasteiger partial charge in [0.15, 0.2) is 5.79 Å². The van der Waals surface area contributed by atoms with Crippen molar-refractivity contribution in [1.82, 2.24) is 0 Å². The van der Waals surface area contributed by atoms with Gasteiger partial charge >= 0.3 is 5.97 Å². The number of carbonyl (C=O) groups is 2. The number of ketones is 1. The van der Waals surface area contributed by atoms with E-state index in [-0.39, 0.29) is 36.9 Å². The molecule has 0 aromatic heterocycles. The number of rotatable bonds is 7. The van der Waals surface area contributed by atoms with E-state index in [0.717, 1.165) is 68.9 Å². The van der Waals surface area contributed by atoms with Crippen LogP contribution >= 0.6 is 0 Å². The molecular formula is C32H52O5. The van der Waals surface area contributed by atoms with E-state index in [1.165, 1.54) is 0 Å². The number of esters is 1. The molecule has 6 atom stereocenters. The first kappa shape index (κ1) is 31.5. The number of cyclic esters (lactones) is 1. The van der Waals surface area contributed by atoms with Gasteiger partial charge in [0.05, 0.1) is 6.42 Å². The molecule has 0 spiro atoms. The Balaban J connectivity index is 2.13. The fourth-order valence-electron chi connectivity index (χ4n) is 5.73. The molecule has 2 bridgehead atoms. The van der Waals surface area contributed by atoms with Gasteiger partial charge in [-0.25, -0.2) is 0 Å². The summed E-state index contributed by atoms with van der Waals surface area (Å²) >= 11 is 0. The zero-order valence-electron chi connectivity index (χ0n) is 24.3. The SMILES string of the molecule is CCC(=O)C(C)CC(C)CC(C)C1CCCC=CCCCCC=C(C)C2OC(O)(CC=C2C)CC(=O)O1. The highest BCUT2D eigenvalue weighted by atomic mass is 16.6. The molecule has 5 nitrogen and oxygen atoms in total. The molecule has 0 fully saturated rings. The average Bonchev–Trinajstić information content (AvgIpc) is 2.84. The molecule has 1 N–H and O–H groups in total. The summed E-state index contributed by atoms with van der Waals surface area (Å²) in [5.74, 6) is -1.07. The molecular weight excluding hydrogens is 464 g/mol. The van der Waals surface area contributed by atoms with Gasteiger partial charge in [0.25, 0.3) is 0 Å². The minimum atomic E-state index is -1.55. The first-order chi connectivity index (χ1) is 17.5. The Bertz CT molecular complexity index is 825. The molecule has 0 saturated carbocycles. The van der Waals surface area contributed by atoms with Gasteiger partial charge in [-0.05, 0) is 94.6 Å². The van der Waals surface area contributed by atoms with E-state index in [1.54, 1.807) is 0 Å². The molecule has 2 aliphatic heterocycles. The molecule has 0 radical (unpaired) electrons. The number of fused-ring (bicyclic) bond motifs is 2. The van der Waals surface area contributed by atoms with Crippen LogP contribution in [0.4, 0.5) is 0 Å². The smallest absolute Gasteiger partial charge is 0.311 e. The lowest BCUT2D eigenvalue weighted by atomic mass is 9.84. The molecule has 2 rings (SSSR count). The minimum Gasteiger partial charge on any atom is -0.462 e. The summed E-state index contributed by atoms with van der Waals surface area (Å²) in [6.45, 7) is 12.3. The molecule has 37 heavy (non-hydrogen) atoms. The number of Topliss-reactive ketones (excluding diaryl/α,β-unsaturated/α-hetero) is 1. The monoisotopic (exact) mass is 516 g/mol. The number of ether oxygens (including phenoxy) is 2. The van der Waals surface area contributed by atoms with Gasteiger partial charge in [-0.3, -0.25) is 9.59 Å². The van der Waals surface area contributed by atoms with Crippen LogP contribution in [0.1, 0.15) is 119 Å². The normalized spacial score (nSPS) is 29.1. The molecule has 210 valence electrons. The van der Waals surface area contributed by atoms with Gasteiger partial charge in [0, 0.05) is 18.8 Å². The Morgan fingerprint density at radius 3 is 2.38 bits per heavy atom. The van der Waals surface area contributed by atoms with Gasteiger partial charge in [0.1, 0.15) is 18.0 Å². The van der Waals surface area contributed by atoms with Crippen LogP contribution in [-0.2, 0) is 19.1 Å². The van der Waals surface area contributed by atoms with Crippen molar-refractivity contribution in [2.24, 2.45) is 17.8 Å². The van der Waals surface area contributed by atoms with Crippen molar-refractivity contribution in [2.75, 3.05) is 0 Å². The van der Waals surface area contributed by atoms with Crippen LogP contribution in [0.5, 0.6) is 0 Å². The highest BCUT2D eigenvalue weighted by Crippen LogP contribution is 2.34. The molecule has 6 unspecified atom stereocenters. The molecule has 5 heteroatoms. The largest absolute Gasteiger partial charge is 0.462 e. The maximum atomic E-state index is 13.1. The van der Waals surface area contributed by atoms with Crippen LogP contribution in [0.15, 0.2) is 35.5 Å². The summed E-state index contributed by atoms with van der Waals surface area (Å²) in [5, 5.41) is 11.2. The van der Waals surface area contributed by atoms with Gasteiger partial charge in [-0.2, -0.15) is 0 Å². The van der Waals surface area contributed by atoms with E-state index in [0.29, 0.717) is 18.1 Å². The van der Waals surface area contributed by atoms with Crippen LogP contribution < -0.4 is 0 Å². The summed E-state index contributed by atoms with van der Waals surface area (Å²) in [5.41, 5.74) is 2.15. The Kier molecular flexibility index (Phi) is 13.3. The van der Waals surface area contributed by atoms with Crippen LogP contribution in [0.25, 0.3) is 0 Å². The summed E-state index contributed by atoms with van der Waals surface area (Å²) < 4.78 is 12.2. The lowest BCUT2D eigenvalue weighted by molar-refractivity contribution is -0.229. The average molecular weight is 517 g/mol. The Hall–Kier alpha value is -1.72.